The summed E-state index contributed by atoms with van der Waals surface area (Å²) in [5.74, 6) is -0.752. The quantitative estimate of drug-likeness (QED) is 0.192. The van der Waals surface area contributed by atoms with Crippen molar-refractivity contribution in [2.75, 3.05) is 24.7 Å². The Kier molecular flexibility index (Phi) is 17.5. The lowest BCUT2D eigenvalue weighted by Crippen LogP contribution is -2.44. The van der Waals surface area contributed by atoms with E-state index in [0.717, 1.165) is 25.7 Å². The summed E-state index contributed by atoms with van der Waals surface area (Å²) in [7, 11) is 2.66. The Hall–Kier alpha value is -1.42. The van der Waals surface area contributed by atoms with Gasteiger partial charge in [-0.15, -0.1) is 0 Å². The average Bonchev–Trinajstić information content (AvgIpc) is 2.72. The van der Waals surface area contributed by atoms with Crippen LogP contribution in [0.5, 0.6) is 0 Å². The summed E-state index contributed by atoms with van der Waals surface area (Å²) in [5, 5.41) is 5.43. The highest BCUT2D eigenvalue weighted by Crippen LogP contribution is 2.24. The number of carbonyl (C=O) groups is 4. The number of ether oxygens (including phenoxy) is 2. The van der Waals surface area contributed by atoms with E-state index < -0.39 is 24.0 Å². The summed E-state index contributed by atoms with van der Waals surface area (Å²) in [4.78, 5) is 48.2. The molecule has 10 heteroatoms. The van der Waals surface area contributed by atoms with Crippen LogP contribution in [0.3, 0.4) is 0 Å². The van der Waals surface area contributed by atoms with Gasteiger partial charge >= 0.3 is 11.9 Å². The molecule has 8 nitrogen and oxygen atoms in total. The smallest absolute Gasteiger partial charge is 0.329 e. The number of nitrogens with one attached hydrogen (secondary N) is 2. The van der Waals surface area contributed by atoms with E-state index >= 15 is 0 Å². The summed E-state index contributed by atoms with van der Waals surface area (Å²) >= 11 is 0. The maximum absolute atomic E-state index is 12.1. The van der Waals surface area contributed by atoms with Gasteiger partial charge in [0.05, 0.1) is 13.2 Å². The minimum absolute atomic E-state index is 0.187. The van der Waals surface area contributed by atoms with Gasteiger partial charge in [-0.3, -0.25) is 9.59 Å². The summed E-state index contributed by atoms with van der Waals surface area (Å²) in [6.07, 6.45) is 4.00. The van der Waals surface area contributed by atoms with Crippen LogP contribution in [0.2, 0.25) is 0 Å². The van der Waals surface area contributed by atoms with E-state index in [1.54, 1.807) is 13.8 Å². The molecule has 0 saturated carbocycles. The molecular weight excluding hydrogens is 428 g/mol. The second kappa shape index (κ2) is 18.4. The number of carbonyl (C=O) groups excluding carboxylic acids is 4. The van der Waals surface area contributed by atoms with E-state index in [9.17, 15) is 19.2 Å². The Labute approximate surface area is 187 Å². The molecule has 0 aromatic rings. The zero-order valence-corrected chi connectivity index (χ0v) is 20.1. The number of hydrogen-bond acceptors (Lipinski definition) is 8. The average molecular weight is 465 g/mol. The first-order valence-corrected chi connectivity index (χ1v) is 13.0. The zero-order valence-electron chi connectivity index (χ0n) is 18.5. The van der Waals surface area contributed by atoms with Gasteiger partial charge in [0.25, 0.3) is 0 Å². The van der Waals surface area contributed by atoms with Gasteiger partial charge in [0.2, 0.25) is 11.8 Å². The van der Waals surface area contributed by atoms with Crippen molar-refractivity contribution < 1.29 is 28.7 Å². The first-order valence-electron chi connectivity index (χ1n) is 10.6. The van der Waals surface area contributed by atoms with Crippen molar-refractivity contribution in [1.29, 1.82) is 0 Å². The molecule has 2 amide bonds. The predicted molar refractivity (Wildman–Crippen MR) is 121 cm³/mol. The summed E-state index contributed by atoms with van der Waals surface area (Å²) < 4.78 is 10.1. The van der Waals surface area contributed by atoms with Gasteiger partial charge in [-0.25, -0.2) is 9.59 Å². The largest absolute Gasteiger partial charge is 0.464 e. The van der Waals surface area contributed by atoms with Crippen molar-refractivity contribution in [3.63, 3.8) is 0 Å². The lowest BCUT2D eigenvalue weighted by Gasteiger charge is -2.19. The molecule has 0 unspecified atom stereocenters. The van der Waals surface area contributed by atoms with Gasteiger partial charge in [0, 0.05) is 24.3 Å². The normalized spacial score (nSPS) is 12.5. The Morgan fingerprint density at radius 2 is 1.07 bits per heavy atom. The van der Waals surface area contributed by atoms with E-state index in [1.807, 2.05) is 13.8 Å². The molecule has 0 radical (unpaired) electrons. The van der Waals surface area contributed by atoms with Crippen molar-refractivity contribution in [3.8, 4) is 0 Å². The number of esters is 2. The third-order valence-corrected chi connectivity index (χ3v) is 6.30. The second-order valence-electron chi connectivity index (χ2n) is 6.52. The number of rotatable bonds is 17. The molecule has 174 valence electrons. The Balaban J connectivity index is 4.69. The molecular formula is C20H36N2O6S2. The third-order valence-electron chi connectivity index (χ3n) is 3.88. The van der Waals surface area contributed by atoms with Crippen LogP contribution < -0.4 is 10.6 Å². The molecule has 0 aromatic carbocycles. The molecule has 0 heterocycles. The third kappa shape index (κ3) is 13.7. The molecule has 0 aliphatic rings. The maximum atomic E-state index is 12.1. The van der Waals surface area contributed by atoms with Crippen molar-refractivity contribution in [1.82, 2.24) is 10.6 Å². The van der Waals surface area contributed by atoms with E-state index in [2.05, 4.69) is 10.6 Å². The highest BCUT2D eigenvalue weighted by Gasteiger charge is 2.25. The fourth-order valence-corrected chi connectivity index (χ4v) is 4.56. The summed E-state index contributed by atoms with van der Waals surface area (Å²) in [5.41, 5.74) is 0. The zero-order chi connectivity index (χ0) is 22.8. The van der Waals surface area contributed by atoms with Crippen LogP contribution in [-0.4, -0.2) is 60.6 Å². The molecule has 0 aliphatic carbocycles. The van der Waals surface area contributed by atoms with Crippen molar-refractivity contribution in [2.45, 2.75) is 78.3 Å². The first kappa shape index (κ1) is 28.6. The lowest BCUT2D eigenvalue weighted by molar-refractivity contribution is -0.147. The van der Waals surface area contributed by atoms with Crippen LogP contribution in [0, 0.1) is 0 Å². The second-order valence-corrected chi connectivity index (χ2v) is 9.07. The summed E-state index contributed by atoms with van der Waals surface area (Å²) in [6.45, 7) is 7.86. The molecule has 0 bridgehead atoms. The summed E-state index contributed by atoms with van der Waals surface area (Å²) in [6, 6.07) is -1.51. The van der Waals surface area contributed by atoms with Crippen molar-refractivity contribution in [2.24, 2.45) is 0 Å². The van der Waals surface area contributed by atoms with E-state index in [1.165, 1.54) is 21.6 Å². The monoisotopic (exact) mass is 464 g/mol. The number of unbranched alkanes of at least 4 members (excludes halogenated alkanes) is 2. The van der Waals surface area contributed by atoms with Crippen molar-refractivity contribution in [3.05, 3.63) is 0 Å². The van der Waals surface area contributed by atoms with Gasteiger partial charge in [-0.05, 0) is 26.7 Å². The van der Waals surface area contributed by atoms with Gasteiger partial charge in [0.15, 0.2) is 0 Å². The molecule has 0 spiro atoms. The molecule has 0 aliphatic heterocycles. The minimum atomic E-state index is -0.757. The Morgan fingerprint density at radius 3 is 1.37 bits per heavy atom. The molecule has 0 rings (SSSR count). The van der Waals surface area contributed by atoms with Crippen LogP contribution in [-0.2, 0) is 28.7 Å². The van der Waals surface area contributed by atoms with Crippen molar-refractivity contribution >= 4 is 45.3 Å². The first-order chi connectivity index (χ1) is 14.4. The standard InChI is InChI=1S/C20H36N2O6S2/c1-5-9-11-17(23)21-15(19(25)27-7-3)13-29-30-14-16(20(26)28-8-4)22-18(24)12-10-6-2/h15-16H,5-14H2,1-4H3,(H,21,23)(H,22,24)/t15-,16-/m0/s1. The number of amides is 2. The minimum Gasteiger partial charge on any atom is -0.464 e. The van der Waals surface area contributed by atoms with Gasteiger partial charge < -0.3 is 20.1 Å². The molecule has 0 fully saturated rings. The number of hydrogen-bond donors (Lipinski definition) is 2. The van der Waals surface area contributed by atoms with Crippen LogP contribution in [0.4, 0.5) is 0 Å². The predicted octanol–water partition coefficient (Wildman–Crippen LogP) is 2.84. The van der Waals surface area contributed by atoms with Crippen LogP contribution in [0.15, 0.2) is 0 Å². The Bertz CT molecular complexity index is 487. The fourth-order valence-electron chi connectivity index (χ4n) is 2.26. The van der Waals surface area contributed by atoms with Gasteiger partial charge in [-0.1, -0.05) is 48.3 Å². The molecule has 0 aromatic heterocycles. The lowest BCUT2D eigenvalue weighted by atomic mass is 10.2. The van der Waals surface area contributed by atoms with E-state index in [4.69, 9.17) is 9.47 Å². The molecule has 2 N–H and O–H groups in total. The van der Waals surface area contributed by atoms with Crippen LogP contribution in [0.25, 0.3) is 0 Å². The molecule has 2 atom stereocenters. The molecule has 0 saturated heterocycles. The fraction of sp³-hybridized carbons (Fsp3) is 0.800. The molecule has 30 heavy (non-hydrogen) atoms. The highest BCUT2D eigenvalue weighted by atomic mass is 33.1. The topological polar surface area (TPSA) is 111 Å². The van der Waals surface area contributed by atoms with E-state index in [-0.39, 0.29) is 25.0 Å². The van der Waals surface area contributed by atoms with E-state index in [0.29, 0.717) is 24.3 Å². The van der Waals surface area contributed by atoms with Gasteiger partial charge in [0.1, 0.15) is 12.1 Å². The van der Waals surface area contributed by atoms with Gasteiger partial charge in [-0.2, -0.15) is 0 Å². The maximum Gasteiger partial charge on any atom is 0.329 e. The van der Waals surface area contributed by atoms with Crippen LogP contribution >= 0.6 is 21.6 Å². The van der Waals surface area contributed by atoms with Crippen LogP contribution in [0.1, 0.15) is 66.2 Å². The Morgan fingerprint density at radius 1 is 0.700 bits per heavy atom. The highest BCUT2D eigenvalue weighted by molar-refractivity contribution is 8.76. The SMILES string of the molecule is CCCCC(=O)N[C@@H](CSSC[C@H](NC(=O)CCCC)C(=O)OCC)C(=O)OCC.